The first-order valence-electron chi connectivity index (χ1n) is 21.9. The molecule has 1 aliphatic heterocycles. The number of amides is 7. The van der Waals surface area contributed by atoms with Crippen molar-refractivity contribution in [2.45, 2.75) is 119 Å². The number of rotatable bonds is 28. The molecule has 0 saturated carbocycles. The summed E-state index contributed by atoms with van der Waals surface area (Å²) >= 11 is 0. The maximum Gasteiger partial charge on any atom is 0.407 e. The van der Waals surface area contributed by atoms with Crippen LogP contribution in [0.25, 0.3) is 0 Å². The van der Waals surface area contributed by atoms with Crippen LogP contribution in [0.3, 0.4) is 0 Å². The number of primary amides is 1. The number of ketones is 1. The van der Waals surface area contributed by atoms with Gasteiger partial charge in [0.15, 0.2) is 5.78 Å². The lowest BCUT2D eigenvalue weighted by Gasteiger charge is -2.25. The van der Waals surface area contributed by atoms with Gasteiger partial charge in [-0.15, -0.1) is 0 Å². The van der Waals surface area contributed by atoms with Crippen molar-refractivity contribution in [1.29, 1.82) is 0 Å². The number of urea groups is 1. The van der Waals surface area contributed by atoms with Crippen LogP contribution in [0.1, 0.15) is 112 Å². The number of nitrogens with zero attached hydrogens (tertiary/aromatic N) is 1. The van der Waals surface area contributed by atoms with E-state index in [4.69, 9.17) is 24.7 Å². The van der Waals surface area contributed by atoms with Gasteiger partial charge in [0, 0.05) is 50.5 Å². The second kappa shape index (κ2) is 27.2. The summed E-state index contributed by atoms with van der Waals surface area (Å²) in [6.07, 6.45) is 1.90. The van der Waals surface area contributed by atoms with E-state index in [1.165, 1.54) is 4.90 Å². The third-order valence-corrected chi connectivity index (χ3v) is 10.3. The van der Waals surface area contributed by atoms with Crippen molar-refractivity contribution < 1.29 is 57.3 Å². The molecule has 0 radical (unpaired) electrons. The number of hydrogen-bond acceptors (Lipinski definition) is 12. The van der Waals surface area contributed by atoms with Crippen LogP contribution < -0.4 is 27.0 Å². The van der Waals surface area contributed by atoms with Gasteiger partial charge in [-0.1, -0.05) is 53.2 Å². The van der Waals surface area contributed by atoms with Crippen molar-refractivity contribution in [2.75, 3.05) is 58.0 Å². The molecule has 7 amide bonds. The summed E-state index contributed by atoms with van der Waals surface area (Å²) in [6.45, 7) is 16.7. The highest BCUT2D eigenvalue weighted by atomic mass is 16.6. The Morgan fingerprint density at radius 1 is 0.810 bits per heavy atom. The number of ether oxygens (including phenoxy) is 4. The Bertz CT molecular complexity index is 1670. The topological polar surface area (TPSA) is 251 Å². The molecule has 18 nitrogen and oxygen atoms in total. The number of carbonyl (C=O) groups excluding carboxylic acids is 8. The Hall–Kier alpha value is -5.10. The summed E-state index contributed by atoms with van der Waals surface area (Å²) < 4.78 is 21.2. The van der Waals surface area contributed by atoms with E-state index in [9.17, 15) is 38.4 Å². The monoisotopic (exact) mass is 889 g/mol. The average Bonchev–Trinajstić information content (AvgIpc) is 3.49. The molecule has 1 fully saturated rings. The maximum absolute atomic E-state index is 13.7. The molecule has 0 aliphatic carbocycles. The standard InChI is InChI=1S/C45H72N6O12/c1-30(2)38(50-36(53)14-10-9-11-21-51-37(54)28-34(40(51)56)44(3,4)5)35(52)27-32(13-12-19-47-42(46)58)39(55)49-33-17-15-31(16-18-33)29-63-43(59)48-20-22-60-23-24-61-25-26-62-41(57)45(6,7)8/h15-18,30,32,34,38H,9-14,19-29H2,1-8H3,(H,48,59)(H,49,55)(H,50,53)(H3,46,47,58)/t32-,34?,38+/m0/s1. The number of benzene rings is 1. The van der Waals surface area contributed by atoms with Gasteiger partial charge in [-0.05, 0) is 75.5 Å². The van der Waals surface area contributed by atoms with E-state index in [-0.39, 0.29) is 112 Å². The summed E-state index contributed by atoms with van der Waals surface area (Å²) in [7, 11) is 0. The molecule has 0 bridgehead atoms. The number of unbranched alkanes of at least 4 members (excludes halogenated alkanes) is 2. The number of esters is 1. The largest absolute Gasteiger partial charge is 0.463 e. The number of imide groups is 1. The molecular weight excluding hydrogens is 817 g/mol. The molecule has 1 aromatic carbocycles. The van der Waals surface area contributed by atoms with Crippen LogP contribution in [0.4, 0.5) is 15.3 Å². The van der Waals surface area contributed by atoms with Crippen molar-refractivity contribution in [3.05, 3.63) is 29.8 Å². The molecule has 1 aromatic rings. The Labute approximate surface area is 372 Å². The lowest BCUT2D eigenvalue weighted by atomic mass is 9.80. The SMILES string of the molecule is CC(C)[C@@H](NC(=O)CCCCCN1C(=O)CC(C(C)(C)C)C1=O)C(=O)C[C@H](CCCNC(N)=O)C(=O)Nc1ccc(COC(=O)NCCOCCOCCOC(=O)C(C)(C)C)cc1. The van der Waals surface area contributed by atoms with Gasteiger partial charge in [0.05, 0.1) is 43.8 Å². The molecule has 354 valence electrons. The van der Waals surface area contributed by atoms with Crippen LogP contribution in [-0.2, 0) is 54.3 Å². The van der Waals surface area contributed by atoms with Crippen LogP contribution in [-0.4, -0.2) is 111 Å². The summed E-state index contributed by atoms with van der Waals surface area (Å²) in [5, 5.41) is 10.8. The number of likely N-dealkylation sites (tertiary alicyclic amines) is 1. The smallest absolute Gasteiger partial charge is 0.407 e. The molecule has 0 aromatic heterocycles. The van der Waals surface area contributed by atoms with E-state index < -0.39 is 35.4 Å². The van der Waals surface area contributed by atoms with Crippen molar-refractivity contribution >= 4 is 53.2 Å². The highest BCUT2D eigenvalue weighted by Gasteiger charge is 2.44. The lowest BCUT2D eigenvalue weighted by Crippen LogP contribution is -2.45. The molecule has 6 N–H and O–H groups in total. The molecule has 2 rings (SSSR count). The minimum Gasteiger partial charge on any atom is -0.463 e. The second-order valence-electron chi connectivity index (χ2n) is 18.2. The predicted molar refractivity (Wildman–Crippen MR) is 235 cm³/mol. The van der Waals surface area contributed by atoms with E-state index in [1.54, 1.807) is 45.0 Å². The number of hydrogen-bond donors (Lipinski definition) is 5. The third-order valence-electron chi connectivity index (χ3n) is 10.3. The van der Waals surface area contributed by atoms with E-state index in [2.05, 4.69) is 21.3 Å². The van der Waals surface area contributed by atoms with Gasteiger partial charge in [-0.25, -0.2) is 9.59 Å². The van der Waals surface area contributed by atoms with Gasteiger partial charge in [0.25, 0.3) is 0 Å². The Kier molecular flexibility index (Phi) is 23.3. The fraction of sp³-hybridized carbons (Fsp3) is 0.689. The number of nitrogens with two attached hydrogens (primary N) is 1. The summed E-state index contributed by atoms with van der Waals surface area (Å²) in [5.74, 6) is -3.01. The molecule has 1 saturated heterocycles. The van der Waals surface area contributed by atoms with Crippen LogP contribution >= 0.6 is 0 Å². The molecular formula is C45H72N6O12. The fourth-order valence-electron chi connectivity index (χ4n) is 6.53. The number of nitrogens with one attached hydrogen (secondary N) is 4. The van der Waals surface area contributed by atoms with Crippen molar-refractivity contribution in [3.8, 4) is 0 Å². The third kappa shape index (κ3) is 21.2. The normalized spacial score (nSPS) is 15.1. The second-order valence-corrected chi connectivity index (χ2v) is 18.2. The summed E-state index contributed by atoms with van der Waals surface area (Å²) in [4.78, 5) is 102. The average molecular weight is 889 g/mol. The number of alkyl carbamates (subject to hydrolysis) is 1. The lowest BCUT2D eigenvalue weighted by molar-refractivity contribution is -0.154. The Morgan fingerprint density at radius 2 is 1.46 bits per heavy atom. The van der Waals surface area contributed by atoms with Gasteiger partial charge >= 0.3 is 18.1 Å². The first-order valence-corrected chi connectivity index (χ1v) is 21.9. The zero-order valence-electron chi connectivity index (χ0n) is 38.6. The van der Waals surface area contributed by atoms with Gasteiger partial charge < -0.3 is 45.9 Å². The Balaban J connectivity index is 1.80. The summed E-state index contributed by atoms with van der Waals surface area (Å²) in [5.41, 5.74) is 5.45. The van der Waals surface area contributed by atoms with Gasteiger partial charge in [0.2, 0.25) is 23.6 Å². The van der Waals surface area contributed by atoms with E-state index >= 15 is 0 Å². The number of anilines is 1. The number of Topliss-reactive ketones (excluding diaryl/α,β-unsaturated/α-hetero) is 1. The van der Waals surface area contributed by atoms with E-state index in [0.29, 0.717) is 56.7 Å². The molecule has 3 atom stereocenters. The van der Waals surface area contributed by atoms with E-state index in [1.807, 2.05) is 34.6 Å². The van der Waals surface area contributed by atoms with E-state index in [0.717, 1.165) is 0 Å². The van der Waals surface area contributed by atoms with Gasteiger partial charge in [-0.2, -0.15) is 0 Å². The van der Waals surface area contributed by atoms with Crippen LogP contribution in [0.5, 0.6) is 0 Å². The van der Waals surface area contributed by atoms with Crippen LogP contribution in [0.2, 0.25) is 0 Å². The molecule has 0 spiro atoms. The minimum atomic E-state index is -0.835. The van der Waals surface area contributed by atoms with Gasteiger partial charge in [-0.3, -0.25) is 33.7 Å². The first-order chi connectivity index (χ1) is 29.6. The fourth-order valence-corrected chi connectivity index (χ4v) is 6.53. The predicted octanol–water partition coefficient (Wildman–Crippen LogP) is 4.62. The summed E-state index contributed by atoms with van der Waals surface area (Å²) in [6, 6.07) is 5.12. The molecule has 18 heteroatoms. The van der Waals surface area contributed by atoms with Crippen molar-refractivity contribution in [3.63, 3.8) is 0 Å². The van der Waals surface area contributed by atoms with Gasteiger partial charge in [0.1, 0.15) is 13.2 Å². The zero-order chi connectivity index (χ0) is 47.2. The Morgan fingerprint density at radius 3 is 2.06 bits per heavy atom. The molecule has 1 heterocycles. The van der Waals surface area contributed by atoms with Crippen molar-refractivity contribution in [1.82, 2.24) is 20.9 Å². The maximum atomic E-state index is 13.7. The number of carbonyl (C=O) groups is 8. The minimum absolute atomic E-state index is 0.0283. The highest BCUT2D eigenvalue weighted by Crippen LogP contribution is 2.35. The molecule has 63 heavy (non-hydrogen) atoms. The van der Waals surface area contributed by atoms with Crippen LogP contribution in [0, 0.1) is 28.6 Å². The van der Waals surface area contributed by atoms with Crippen molar-refractivity contribution in [2.24, 2.45) is 34.3 Å². The molecule has 1 unspecified atom stereocenters. The zero-order valence-corrected chi connectivity index (χ0v) is 38.6. The van der Waals surface area contributed by atoms with Crippen LogP contribution in [0.15, 0.2) is 24.3 Å². The first kappa shape index (κ1) is 54.0. The highest BCUT2D eigenvalue weighted by molar-refractivity contribution is 6.04. The molecule has 1 aliphatic rings. The quantitative estimate of drug-likeness (QED) is 0.0439.